The number of aliphatic hydroxyl groups is 1. The van der Waals surface area contributed by atoms with Crippen molar-refractivity contribution in [2.24, 2.45) is 0 Å². The minimum absolute atomic E-state index is 0.317. The minimum atomic E-state index is -0.474. The molecule has 12 heavy (non-hydrogen) atoms. The van der Waals surface area contributed by atoms with E-state index in [2.05, 4.69) is 15.3 Å². The first kappa shape index (κ1) is 8.86. The zero-order chi connectivity index (χ0) is 8.97. The van der Waals surface area contributed by atoms with Gasteiger partial charge >= 0.3 is 0 Å². The topological polar surface area (TPSA) is 58.0 Å². The summed E-state index contributed by atoms with van der Waals surface area (Å²) in [5, 5.41) is 11.6. The molecule has 5 heteroatoms. The highest BCUT2D eigenvalue weighted by molar-refractivity contribution is 5.22. The van der Waals surface area contributed by atoms with E-state index >= 15 is 0 Å². The second-order valence-electron chi connectivity index (χ2n) is 2.45. The fourth-order valence-corrected chi connectivity index (χ4v) is 0.643. The van der Waals surface area contributed by atoms with Gasteiger partial charge in [0.05, 0.1) is 18.5 Å². The lowest BCUT2D eigenvalue weighted by molar-refractivity contribution is 0.208. The van der Waals surface area contributed by atoms with Crippen molar-refractivity contribution in [1.29, 1.82) is 0 Å². The van der Waals surface area contributed by atoms with Gasteiger partial charge < -0.3 is 10.4 Å². The minimum Gasteiger partial charge on any atom is -0.392 e. The molecule has 1 aromatic rings. The van der Waals surface area contributed by atoms with Crippen LogP contribution in [0.25, 0.3) is 0 Å². The Bertz CT molecular complexity index is 237. The van der Waals surface area contributed by atoms with Crippen molar-refractivity contribution >= 4 is 5.95 Å². The molecule has 1 atom stereocenters. The molecule has 0 amide bonds. The van der Waals surface area contributed by atoms with Crippen molar-refractivity contribution in [3.05, 3.63) is 18.2 Å². The Morgan fingerprint density at radius 2 is 2.17 bits per heavy atom. The van der Waals surface area contributed by atoms with Gasteiger partial charge in [0, 0.05) is 6.54 Å². The summed E-state index contributed by atoms with van der Waals surface area (Å²) in [5.74, 6) is -0.158. The predicted molar refractivity (Wildman–Crippen MR) is 42.2 cm³/mol. The maximum atomic E-state index is 12.3. The smallest absolute Gasteiger partial charge is 0.222 e. The van der Waals surface area contributed by atoms with Crippen molar-refractivity contribution in [3.8, 4) is 0 Å². The highest BCUT2D eigenvalue weighted by Gasteiger charge is 1.98. The standard InChI is InChI=1S/C7H10FN3O/c1-5(12)2-9-7-10-3-6(8)4-11-7/h3-5,12H,2H2,1H3,(H,9,10,11)/t5-/m1/s1. The molecular weight excluding hydrogens is 161 g/mol. The number of aliphatic hydroxyl groups excluding tert-OH is 1. The molecule has 0 radical (unpaired) electrons. The van der Waals surface area contributed by atoms with Gasteiger partial charge in [-0.15, -0.1) is 0 Å². The van der Waals surface area contributed by atoms with Crippen molar-refractivity contribution in [1.82, 2.24) is 9.97 Å². The van der Waals surface area contributed by atoms with Gasteiger partial charge in [-0.05, 0) is 6.92 Å². The molecule has 0 bridgehead atoms. The number of hydrogen-bond acceptors (Lipinski definition) is 4. The summed E-state index contributed by atoms with van der Waals surface area (Å²) < 4.78 is 12.3. The lowest BCUT2D eigenvalue weighted by atomic mass is 10.4. The number of aromatic nitrogens is 2. The van der Waals surface area contributed by atoms with Gasteiger partial charge in [-0.25, -0.2) is 14.4 Å². The summed E-state index contributed by atoms with van der Waals surface area (Å²) in [6.45, 7) is 1.99. The van der Waals surface area contributed by atoms with Crippen LogP contribution in [0.15, 0.2) is 12.4 Å². The molecule has 0 fully saturated rings. The summed E-state index contributed by atoms with van der Waals surface area (Å²) in [6.07, 6.45) is 1.66. The SMILES string of the molecule is C[C@@H](O)CNc1ncc(F)cn1. The van der Waals surface area contributed by atoms with Crippen LogP contribution in [-0.4, -0.2) is 27.7 Å². The molecule has 1 heterocycles. The Kier molecular flexibility index (Phi) is 2.93. The van der Waals surface area contributed by atoms with Crippen molar-refractivity contribution in [2.75, 3.05) is 11.9 Å². The zero-order valence-electron chi connectivity index (χ0n) is 6.66. The van der Waals surface area contributed by atoms with Crippen LogP contribution in [0, 0.1) is 5.82 Å². The highest BCUT2D eigenvalue weighted by atomic mass is 19.1. The number of nitrogens with zero attached hydrogens (tertiary/aromatic N) is 2. The van der Waals surface area contributed by atoms with Crippen molar-refractivity contribution in [3.63, 3.8) is 0 Å². The monoisotopic (exact) mass is 171 g/mol. The maximum absolute atomic E-state index is 12.3. The molecule has 1 rings (SSSR count). The second kappa shape index (κ2) is 3.96. The molecule has 1 aromatic heterocycles. The predicted octanol–water partition coefficient (Wildman–Crippen LogP) is 0.408. The summed E-state index contributed by atoms with van der Waals surface area (Å²) in [5.41, 5.74) is 0. The quantitative estimate of drug-likeness (QED) is 0.691. The van der Waals surface area contributed by atoms with Gasteiger partial charge in [0.1, 0.15) is 0 Å². The maximum Gasteiger partial charge on any atom is 0.222 e. The van der Waals surface area contributed by atoms with E-state index in [1.54, 1.807) is 6.92 Å². The molecule has 2 N–H and O–H groups in total. The summed E-state index contributed by atoms with van der Waals surface area (Å²) in [4.78, 5) is 7.28. The molecule has 66 valence electrons. The van der Waals surface area contributed by atoms with Crippen molar-refractivity contribution in [2.45, 2.75) is 13.0 Å². The third-order valence-corrected chi connectivity index (χ3v) is 1.18. The third kappa shape index (κ3) is 2.79. The molecule has 0 aliphatic heterocycles. The van der Waals surface area contributed by atoms with Crippen LogP contribution < -0.4 is 5.32 Å². The van der Waals surface area contributed by atoms with Crippen LogP contribution in [0.2, 0.25) is 0 Å². The summed E-state index contributed by atoms with van der Waals surface area (Å²) >= 11 is 0. The van der Waals surface area contributed by atoms with E-state index in [-0.39, 0.29) is 0 Å². The van der Waals surface area contributed by atoms with Gasteiger partial charge in [-0.3, -0.25) is 0 Å². The number of hydrogen-bond donors (Lipinski definition) is 2. The number of anilines is 1. The van der Waals surface area contributed by atoms with Crippen LogP contribution in [0.5, 0.6) is 0 Å². The van der Waals surface area contributed by atoms with E-state index < -0.39 is 11.9 Å². The van der Waals surface area contributed by atoms with Crippen molar-refractivity contribution < 1.29 is 9.50 Å². The van der Waals surface area contributed by atoms with E-state index in [1.165, 1.54) is 0 Å². The normalized spacial score (nSPS) is 12.6. The van der Waals surface area contributed by atoms with Gasteiger partial charge in [0.15, 0.2) is 5.82 Å². The Morgan fingerprint density at radius 3 is 2.67 bits per heavy atom. The van der Waals surface area contributed by atoms with Gasteiger partial charge in [0.25, 0.3) is 0 Å². The van der Waals surface area contributed by atoms with E-state index in [4.69, 9.17) is 5.11 Å². The fraction of sp³-hybridized carbons (Fsp3) is 0.429. The lowest BCUT2D eigenvalue weighted by Crippen LogP contribution is -2.16. The van der Waals surface area contributed by atoms with E-state index in [9.17, 15) is 4.39 Å². The van der Waals surface area contributed by atoms with E-state index in [1.807, 2.05) is 0 Å². The summed E-state index contributed by atoms with van der Waals surface area (Å²) in [7, 11) is 0. The molecular formula is C7H10FN3O. The number of rotatable bonds is 3. The molecule has 0 unspecified atom stereocenters. The van der Waals surface area contributed by atoms with Gasteiger partial charge in [-0.2, -0.15) is 0 Å². The number of halogens is 1. The molecule has 0 spiro atoms. The first-order chi connectivity index (χ1) is 5.68. The van der Waals surface area contributed by atoms with E-state index in [0.29, 0.717) is 12.5 Å². The zero-order valence-corrected chi connectivity index (χ0v) is 6.66. The summed E-state index contributed by atoms with van der Waals surface area (Å²) in [6, 6.07) is 0. The number of nitrogens with one attached hydrogen (secondary N) is 1. The molecule has 0 saturated carbocycles. The molecule has 0 aromatic carbocycles. The lowest BCUT2D eigenvalue weighted by Gasteiger charge is -2.05. The first-order valence-corrected chi connectivity index (χ1v) is 3.58. The average molecular weight is 171 g/mol. The Balaban J connectivity index is 2.48. The molecule has 0 aliphatic rings. The molecule has 4 nitrogen and oxygen atoms in total. The Labute approximate surface area is 69.5 Å². The highest BCUT2D eigenvalue weighted by Crippen LogP contribution is 1.97. The first-order valence-electron chi connectivity index (χ1n) is 3.58. The third-order valence-electron chi connectivity index (χ3n) is 1.18. The largest absolute Gasteiger partial charge is 0.392 e. The average Bonchev–Trinajstić information content (AvgIpc) is 2.03. The van der Waals surface area contributed by atoms with Gasteiger partial charge in [-0.1, -0.05) is 0 Å². The van der Waals surface area contributed by atoms with Gasteiger partial charge in [0.2, 0.25) is 5.95 Å². The van der Waals surface area contributed by atoms with Crippen LogP contribution in [0.1, 0.15) is 6.92 Å². The molecule has 0 saturated heterocycles. The Hall–Kier alpha value is -1.23. The van der Waals surface area contributed by atoms with E-state index in [0.717, 1.165) is 12.4 Å². The second-order valence-corrected chi connectivity index (χ2v) is 2.45. The van der Waals surface area contributed by atoms with Crippen LogP contribution in [-0.2, 0) is 0 Å². The molecule has 0 aliphatic carbocycles. The van der Waals surface area contributed by atoms with Crippen LogP contribution >= 0.6 is 0 Å². The van der Waals surface area contributed by atoms with Crippen LogP contribution in [0.4, 0.5) is 10.3 Å². The van der Waals surface area contributed by atoms with Crippen LogP contribution in [0.3, 0.4) is 0 Å². The fourth-order valence-electron chi connectivity index (χ4n) is 0.643. The Morgan fingerprint density at radius 1 is 1.58 bits per heavy atom.